The monoisotopic (exact) mass is 271 g/mol. The topological polar surface area (TPSA) is 58.0 Å². The van der Waals surface area contributed by atoms with Crippen LogP contribution in [0.1, 0.15) is 45.0 Å². The second-order valence-corrected chi connectivity index (χ2v) is 6.20. The maximum absolute atomic E-state index is 9.07. The van der Waals surface area contributed by atoms with Crippen molar-refractivity contribution in [2.45, 2.75) is 46.5 Å². The van der Waals surface area contributed by atoms with E-state index in [0.717, 1.165) is 42.4 Å². The van der Waals surface area contributed by atoms with E-state index < -0.39 is 0 Å². The molecule has 1 heterocycles. The largest absolute Gasteiger partial charge is 0.396 e. The van der Waals surface area contributed by atoms with Gasteiger partial charge in [-0.15, -0.1) is 10.2 Å². The molecule has 1 aromatic rings. The zero-order valence-electron chi connectivity index (χ0n) is 11.6. The zero-order chi connectivity index (χ0) is 13.4. The van der Waals surface area contributed by atoms with E-state index in [1.165, 1.54) is 0 Å². The minimum Gasteiger partial charge on any atom is -0.396 e. The molecular formula is C13H25N3OS. The van der Waals surface area contributed by atoms with E-state index in [4.69, 9.17) is 5.11 Å². The molecule has 0 fully saturated rings. The molecule has 0 aliphatic carbocycles. The summed E-state index contributed by atoms with van der Waals surface area (Å²) in [5, 5.41) is 22.7. The summed E-state index contributed by atoms with van der Waals surface area (Å²) in [5.74, 6) is 1.17. The molecule has 0 aliphatic heterocycles. The van der Waals surface area contributed by atoms with Crippen molar-refractivity contribution in [2.24, 2.45) is 11.8 Å². The fourth-order valence-corrected chi connectivity index (χ4v) is 2.87. The van der Waals surface area contributed by atoms with E-state index >= 15 is 0 Å². The molecule has 0 bridgehead atoms. The van der Waals surface area contributed by atoms with Crippen LogP contribution in [-0.2, 0) is 6.42 Å². The fourth-order valence-electron chi connectivity index (χ4n) is 2.02. The summed E-state index contributed by atoms with van der Waals surface area (Å²) < 4.78 is 0. The van der Waals surface area contributed by atoms with Crippen LogP contribution in [0.15, 0.2) is 0 Å². The van der Waals surface area contributed by atoms with Gasteiger partial charge in [-0.05, 0) is 31.1 Å². The molecule has 0 spiro atoms. The molecule has 1 aromatic heterocycles. The highest BCUT2D eigenvalue weighted by atomic mass is 32.1. The second-order valence-electron chi connectivity index (χ2n) is 5.14. The highest BCUT2D eigenvalue weighted by molar-refractivity contribution is 7.15. The maximum atomic E-state index is 9.07. The van der Waals surface area contributed by atoms with Gasteiger partial charge in [0.25, 0.3) is 0 Å². The molecule has 0 saturated carbocycles. The molecule has 1 unspecified atom stereocenters. The number of nitrogens with zero attached hydrogens (tertiary/aromatic N) is 2. The predicted octanol–water partition coefficient (Wildman–Crippen LogP) is 2.95. The van der Waals surface area contributed by atoms with Crippen LogP contribution in [0.3, 0.4) is 0 Å². The van der Waals surface area contributed by atoms with Gasteiger partial charge in [0.15, 0.2) is 0 Å². The first-order chi connectivity index (χ1) is 8.65. The maximum Gasteiger partial charge on any atom is 0.205 e. The Balaban J connectivity index is 2.39. The van der Waals surface area contributed by atoms with Gasteiger partial charge in [0.2, 0.25) is 5.13 Å². The van der Waals surface area contributed by atoms with Crippen LogP contribution in [0.5, 0.6) is 0 Å². The van der Waals surface area contributed by atoms with Crippen LogP contribution in [-0.4, -0.2) is 28.5 Å². The number of hydrogen-bond donors (Lipinski definition) is 2. The SMILES string of the molecule is CCCc1nnc(NCC(CCO)CC(C)C)s1. The van der Waals surface area contributed by atoms with E-state index in [2.05, 4.69) is 36.3 Å². The standard InChI is InChI=1S/C13H25N3OS/c1-4-5-12-15-16-13(18-12)14-9-11(6-7-17)8-10(2)3/h10-11,17H,4-9H2,1-3H3,(H,14,16). The van der Waals surface area contributed by atoms with Crippen LogP contribution in [0, 0.1) is 11.8 Å². The second kappa shape index (κ2) is 8.43. The van der Waals surface area contributed by atoms with Gasteiger partial charge in [-0.25, -0.2) is 0 Å². The summed E-state index contributed by atoms with van der Waals surface area (Å²) >= 11 is 1.64. The number of anilines is 1. The number of aliphatic hydroxyl groups is 1. The van der Waals surface area contributed by atoms with E-state index in [0.29, 0.717) is 11.8 Å². The van der Waals surface area contributed by atoms with E-state index in [9.17, 15) is 0 Å². The molecule has 2 N–H and O–H groups in total. The predicted molar refractivity (Wildman–Crippen MR) is 77.0 cm³/mol. The number of nitrogens with one attached hydrogen (secondary N) is 1. The number of hydrogen-bond acceptors (Lipinski definition) is 5. The van der Waals surface area contributed by atoms with Crippen molar-refractivity contribution in [1.29, 1.82) is 0 Å². The Morgan fingerprint density at radius 3 is 2.72 bits per heavy atom. The summed E-state index contributed by atoms with van der Waals surface area (Å²) in [6.07, 6.45) is 4.10. The third-order valence-corrected chi connectivity index (χ3v) is 3.76. The van der Waals surface area contributed by atoms with E-state index in [1.807, 2.05) is 0 Å². The van der Waals surface area contributed by atoms with Crippen LogP contribution < -0.4 is 5.32 Å². The van der Waals surface area contributed by atoms with Crippen LogP contribution in [0.4, 0.5) is 5.13 Å². The first kappa shape index (κ1) is 15.4. The van der Waals surface area contributed by atoms with Crippen molar-refractivity contribution in [3.63, 3.8) is 0 Å². The molecule has 104 valence electrons. The van der Waals surface area contributed by atoms with Gasteiger partial charge in [0, 0.05) is 19.6 Å². The highest BCUT2D eigenvalue weighted by Crippen LogP contribution is 2.19. The Morgan fingerprint density at radius 1 is 1.33 bits per heavy atom. The molecule has 5 heteroatoms. The lowest BCUT2D eigenvalue weighted by Crippen LogP contribution is -2.17. The van der Waals surface area contributed by atoms with Gasteiger partial charge in [0.1, 0.15) is 5.01 Å². The van der Waals surface area contributed by atoms with Crippen LogP contribution in [0.25, 0.3) is 0 Å². The third kappa shape index (κ3) is 5.78. The molecular weight excluding hydrogens is 246 g/mol. The first-order valence-corrected chi connectivity index (χ1v) is 7.64. The minimum atomic E-state index is 0.260. The van der Waals surface area contributed by atoms with Crippen LogP contribution in [0.2, 0.25) is 0 Å². The van der Waals surface area contributed by atoms with Gasteiger partial charge < -0.3 is 10.4 Å². The molecule has 0 saturated heterocycles. The minimum absolute atomic E-state index is 0.260. The van der Waals surface area contributed by atoms with Crippen molar-refractivity contribution in [3.05, 3.63) is 5.01 Å². The molecule has 1 rings (SSSR count). The van der Waals surface area contributed by atoms with E-state index in [-0.39, 0.29) is 6.61 Å². The molecule has 0 radical (unpaired) electrons. The Kier molecular flexibility index (Phi) is 7.20. The Morgan fingerprint density at radius 2 is 2.11 bits per heavy atom. The number of aryl methyl sites for hydroxylation is 1. The van der Waals surface area contributed by atoms with Crippen molar-refractivity contribution < 1.29 is 5.11 Å². The fraction of sp³-hybridized carbons (Fsp3) is 0.846. The molecule has 0 amide bonds. The van der Waals surface area contributed by atoms with Crippen molar-refractivity contribution >= 4 is 16.5 Å². The summed E-state index contributed by atoms with van der Waals surface area (Å²) in [7, 11) is 0. The van der Waals surface area contributed by atoms with Gasteiger partial charge in [-0.3, -0.25) is 0 Å². The molecule has 1 atom stereocenters. The van der Waals surface area contributed by atoms with Crippen LogP contribution >= 0.6 is 11.3 Å². The lowest BCUT2D eigenvalue weighted by molar-refractivity contribution is 0.247. The normalized spacial score (nSPS) is 12.9. The smallest absolute Gasteiger partial charge is 0.205 e. The summed E-state index contributed by atoms with van der Waals surface area (Å²) in [5.41, 5.74) is 0. The summed E-state index contributed by atoms with van der Waals surface area (Å²) in [4.78, 5) is 0. The third-order valence-electron chi connectivity index (χ3n) is 2.81. The summed E-state index contributed by atoms with van der Waals surface area (Å²) in [6.45, 7) is 7.72. The number of rotatable bonds is 9. The molecule has 4 nitrogen and oxygen atoms in total. The molecule has 18 heavy (non-hydrogen) atoms. The van der Waals surface area contributed by atoms with Gasteiger partial charge in [-0.2, -0.15) is 0 Å². The van der Waals surface area contributed by atoms with Gasteiger partial charge >= 0.3 is 0 Å². The lowest BCUT2D eigenvalue weighted by atomic mass is 9.94. The van der Waals surface area contributed by atoms with Crippen molar-refractivity contribution in [2.75, 3.05) is 18.5 Å². The molecule has 0 aromatic carbocycles. The van der Waals surface area contributed by atoms with Crippen molar-refractivity contribution in [3.8, 4) is 0 Å². The number of aromatic nitrogens is 2. The zero-order valence-corrected chi connectivity index (χ0v) is 12.5. The van der Waals surface area contributed by atoms with Gasteiger partial charge in [0.05, 0.1) is 0 Å². The van der Waals surface area contributed by atoms with Crippen molar-refractivity contribution in [1.82, 2.24) is 10.2 Å². The average molecular weight is 271 g/mol. The Labute approximate surface area is 114 Å². The van der Waals surface area contributed by atoms with E-state index in [1.54, 1.807) is 11.3 Å². The highest BCUT2D eigenvalue weighted by Gasteiger charge is 2.11. The Hall–Kier alpha value is -0.680. The molecule has 0 aliphatic rings. The number of aliphatic hydroxyl groups excluding tert-OH is 1. The lowest BCUT2D eigenvalue weighted by Gasteiger charge is -2.18. The quantitative estimate of drug-likeness (QED) is 0.725. The summed E-state index contributed by atoms with van der Waals surface area (Å²) in [6, 6.07) is 0. The van der Waals surface area contributed by atoms with Gasteiger partial charge in [-0.1, -0.05) is 32.1 Å². The average Bonchev–Trinajstić information content (AvgIpc) is 2.74. The first-order valence-electron chi connectivity index (χ1n) is 6.82. The Bertz CT molecular complexity index is 328.